The number of aromatic nitrogens is 3. The second-order valence-corrected chi connectivity index (χ2v) is 2.93. The zero-order valence-corrected chi connectivity index (χ0v) is 7.93. The van der Waals surface area contributed by atoms with Crippen molar-refractivity contribution in [3.05, 3.63) is 36.2 Å². The predicted molar refractivity (Wildman–Crippen MR) is 51.1 cm³/mol. The largest absolute Gasteiger partial charge is 0.364 e. The highest BCUT2D eigenvalue weighted by molar-refractivity contribution is 5.91. The summed E-state index contributed by atoms with van der Waals surface area (Å²) in [6.45, 7) is 0.513. The van der Waals surface area contributed by atoms with E-state index in [-0.39, 0.29) is 11.6 Å². The smallest absolute Gasteiger partial charge is 0.273 e. The molecule has 2 aromatic heterocycles. The van der Waals surface area contributed by atoms with Crippen LogP contribution in [-0.2, 0) is 6.42 Å². The van der Waals surface area contributed by atoms with Crippen LogP contribution in [-0.4, -0.2) is 27.6 Å². The number of carbonyl (C=O) groups is 1. The number of aromatic amines is 1. The fraction of sp³-hybridized carbons (Fsp3) is 0.222. The molecule has 0 saturated carbocycles. The third-order valence-corrected chi connectivity index (χ3v) is 1.87. The maximum atomic E-state index is 11.4. The summed E-state index contributed by atoms with van der Waals surface area (Å²) in [6, 6.07) is 1.52. The van der Waals surface area contributed by atoms with Gasteiger partial charge in [-0.15, -0.1) is 0 Å². The van der Waals surface area contributed by atoms with E-state index >= 15 is 0 Å². The van der Waals surface area contributed by atoms with Gasteiger partial charge in [0.05, 0.1) is 0 Å². The van der Waals surface area contributed by atoms with Gasteiger partial charge in [0.2, 0.25) is 0 Å². The Morgan fingerprint density at radius 1 is 1.60 bits per heavy atom. The summed E-state index contributed by atoms with van der Waals surface area (Å²) in [5.41, 5.74) is 0.287. The molecule has 0 unspecified atom stereocenters. The lowest BCUT2D eigenvalue weighted by molar-refractivity contribution is 0.0945. The highest BCUT2D eigenvalue weighted by Gasteiger charge is 2.07. The van der Waals surface area contributed by atoms with E-state index in [0.29, 0.717) is 13.0 Å². The molecule has 0 aliphatic rings. The van der Waals surface area contributed by atoms with E-state index in [0.717, 1.165) is 5.82 Å². The Morgan fingerprint density at radius 3 is 3.20 bits per heavy atom. The normalized spacial score (nSPS) is 10.1. The van der Waals surface area contributed by atoms with Gasteiger partial charge in [-0.25, -0.2) is 4.98 Å². The molecule has 2 N–H and O–H groups in total. The highest BCUT2D eigenvalue weighted by Crippen LogP contribution is 1.94. The van der Waals surface area contributed by atoms with Crippen molar-refractivity contribution in [3.63, 3.8) is 0 Å². The third kappa shape index (κ3) is 2.43. The first-order valence-corrected chi connectivity index (χ1v) is 4.53. The number of nitrogens with one attached hydrogen (secondary N) is 2. The molecule has 6 heteroatoms. The Labute approximate surface area is 85.7 Å². The number of carbonyl (C=O) groups excluding carboxylic acids is 1. The minimum Gasteiger partial charge on any atom is -0.364 e. The van der Waals surface area contributed by atoms with Gasteiger partial charge in [-0.1, -0.05) is 5.16 Å². The molecular formula is C9H10N4O2. The van der Waals surface area contributed by atoms with Crippen molar-refractivity contribution in [2.45, 2.75) is 6.42 Å². The number of hydrogen-bond acceptors (Lipinski definition) is 4. The maximum Gasteiger partial charge on any atom is 0.273 e. The summed E-state index contributed by atoms with van der Waals surface area (Å²) >= 11 is 0. The quantitative estimate of drug-likeness (QED) is 0.757. The molecule has 1 amide bonds. The van der Waals surface area contributed by atoms with E-state index < -0.39 is 0 Å². The van der Waals surface area contributed by atoms with Crippen molar-refractivity contribution in [3.8, 4) is 0 Å². The number of amides is 1. The molecule has 2 aromatic rings. The van der Waals surface area contributed by atoms with Gasteiger partial charge in [0.15, 0.2) is 5.69 Å². The second kappa shape index (κ2) is 4.41. The molecule has 15 heavy (non-hydrogen) atoms. The molecule has 2 rings (SSSR count). The Bertz CT molecular complexity index is 407. The molecule has 0 bridgehead atoms. The van der Waals surface area contributed by atoms with E-state index in [1.807, 2.05) is 0 Å². The monoisotopic (exact) mass is 206 g/mol. The summed E-state index contributed by atoms with van der Waals surface area (Å²) in [5, 5.41) is 6.22. The van der Waals surface area contributed by atoms with E-state index in [9.17, 15) is 4.79 Å². The van der Waals surface area contributed by atoms with Gasteiger partial charge in [0.1, 0.15) is 12.1 Å². The van der Waals surface area contributed by atoms with Gasteiger partial charge in [-0.3, -0.25) is 4.79 Å². The summed E-state index contributed by atoms with van der Waals surface area (Å²) in [6.07, 6.45) is 5.45. The Kier molecular flexibility index (Phi) is 2.77. The third-order valence-electron chi connectivity index (χ3n) is 1.87. The van der Waals surface area contributed by atoms with Crippen molar-refractivity contribution in [2.75, 3.05) is 6.54 Å². The SMILES string of the molecule is O=C(NCCc1ncc[nH]1)c1ccon1. The summed E-state index contributed by atoms with van der Waals surface area (Å²) in [4.78, 5) is 18.4. The van der Waals surface area contributed by atoms with Gasteiger partial charge in [0, 0.05) is 31.4 Å². The lowest BCUT2D eigenvalue weighted by Crippen LogP contribution is -2.26. The predicted octanol–water partition coefficient (Wildman–Crippen LogP) is 0.370. The number of nitrogens with zero attached hydrogens (tertiary/aromatic N) is 2. The fourth-order valence-corrected chi connectivity index (χ4v) is 1.15. The molecule has 0 fully saturated rings. The van der Waals surface area contributed by atoms with Gasteiger partial charge >= 0.3 is 0 Å². The van der Waals surface area contributed by atoms with Crippen molar-refractivity contribution in [1.82, 2.24) is 20.4 Å². The molecule has 0 aliphatic carbocycles. The molecule has 0 atom stereocenters. The highest BCUT2D eigenvalue weighted by atomic mass is 16.5. The van der Waals surface area contributed by atoms with Crippen LogP contribution in [0, 0.1) is 0 Å². The summed E-state index contributed by atoms with van der Waals surface area (Å²) in [5.74, 6) is 0.603. The van der Waals surface area contributed by atoms with Crippen LogP contribution in [0.4, 0.5) is 0 Å². The van der Waals surface area contributed by atoms with Gasteiger partial charge in [-0.2, -0.15) is 0 Å². The van der Waals surface area contributed by atoms with Crippen LogP contribution in [0.1, 0.15) is 16.3 Å². The van der Waals surface area contributed by atoms with E-state index in [2.05, 4.69) is 25.0 Å². The Balaban J connectivity index is 1.77. The molecule has 0 saturated heterocycles. The maximum absolute atomic E-state index is 11.4. The van der Waals surface area contributed by atoms with E-state index in [1.54, 1.807) is 12.4 Å². The molecule has 0 spiro atoms. The number of imidazole rings is 1. The van der Waals surface area contributed by atoms with Crippen molar-refractivity contribution >= 4 is 5.91 Å². The molecular weight excluding hydrogens is 196 g/mol. The van der Waals surface area contributed by atoms with E-state index in [4.69, 9.17) is 0 Å². The summed E-state index contributed by atoms with van der Waals surface area (Å²) < 4.78 is 4.56. The minimum absolute atomic E-state index is 0.240. The van der Waals surface area contributed by atoms with Crippen LogP contribution in [0.15, 0.2) is 29.2 Å². The Hall–Kier alpha value is -2.11. The molecule has 0 aromatic carbocycles. The minimum atomic E-state index is -0.240. The fourth-order valence-electron chi connectivity index (χ4n) is 1.15. The van der Waals surface area contributed by atoms with Gasteiger partial charge in [0.25, 0.3) is 5.91 Å². The number of hydrogen-bond donors (Lipinski definition) is 2. The molecule has 6 nitrogen and oxygen atoms in total. The number of H-pyrrole nitrogens is 1. The first-order valence-electron chi connectivity index (χ1n) is 4.53. The Morgan fingerprint density at radius 2 is 2.53 bits per heavy atom. The van der Waals surface area contributed by atoms with Gasteiger partial charge < -0.3 is 14.8 Å². The summed E-state index contributed by atoms with van der Waals surface area (Å²) in [7, 11) is 0. The lowest BCUT2D eigenvalue weighted by atomic mass is 10.3. The topological polar surface area (TPSA) is 83.8 Å². The van der Waals surface area contributed by atoms with Crippen LogP contribution < -0.4 is 5.32 Å². The van der Waals surface area contributed by atoms with E-state index in [1.165, 1.54) is 12.3 Å². The first kappa shape index (κ1) is 9.45. The number of rotatable bonds is 4. The molecule has 2 heterocycles. The molecule has 0 aliphatic heterocycles. The van der Waals surface area contributed by atoms with Crippen LogP contribution in [0.3, 0.4) is 0 Å². The van der Waals surface area contributed by atoms with Crippen LogP contribution in [0.2, 0.25) is 0 Å². The van der Waals surface area contributed by atoms with Crippen LogP contribution in [0.5, 0.6) is 0 Å². The van der Waals surface area contributed by atoms with Crippen LogP contribution >= 0.6 is 0 Å². The standard InChI is InChI=1S/C9H10N4O2/c14-9(7-2-6-15-13-7)12-3-1-8-10-4-5-11-8/h2,4-6H,1,3H2,(H,10,11)(H,12,14). The van der Waals surface area contributed by atoms with Gasteiger partial charge in [-0.05, 0) is 0 Å². The second-order valence-electron chi connectivity index (χ2n) is 2.93. The van der Waals surface area contributed by atoms with Crippen molar-refractivity contribution < 1.29 is 9.32 Å². The molecule has 78 valence electrons. The first-order chi connectivity index (χ1) is 7.36. The zero-order chi connectivity index (χ0) is 10.5. The zero-order valence-electron chi connectivity index (χ0n) is 7.93. The van der Waals surface area contributed by atoms with Crippen molar-refractivity contribution in [2.24, 2.45) is 0 Å². The van der Waals surface area contributed by atoms with Crippen LogP contribution in [0.25, 0.3) is 0 Å². The van der Waals surface area contributed by atoms with Crippen molar-refractivity contribution in [1.29, 1.82) is 0 Å². The molecule has 0 radical (unpaired) electrons. The average molecular weight is 206 g/mol. The lowest BCUT2D eigenvalue weighted by Gasteiger charge is -2.00. The average Bonchev–Trinajstić information content (AvgIpc) is 2.90.